The average Bonchev–Trinajstić information content (AvgIpc) is 3.15. The SMILES string of the molecule is CC1(C)c2cc(C=Cc3ccccc3)cc3c2N2c4c1cc(C=Cc1ccccc1)cc4C(C)(C)c1cc(C=Cc4ccccc4)cc(c12)C3(C)C. The lowest BCUT2D eigenvalue weighted by atomic mass is 9.60. The van der Waals surface area contributed by atoms with Crippen molar-refractivity contribution in [1.82, 2.24) is 0 Å². The molecule has 0 aliphatic carbocycles. The molecule has 0 saturated heterocycles. The molecule has 1 nitrogen and oxygen atoms in total. The molecule has 6 aromatic rings. The summed E-state index contributed by atoms with van der Waals surface area (Å²) in [6.07, 6.45) is 13.7. The van der Waals surface area contributed by atoms with Crippen LogP contribution in [0.3, 0.4) is 0 Å². The fourth-order valence-corrected chi connectivity index (χ4v) is 8.88. The van der Waals surface area contributed by atoms with Gasteiger partial charge in [-0.05, 0) is 103 Å². The standard InChI is InChI=1S/C51H45N/c1-49(2)40-28-37(25-22-34-16-10-7-11-17-34)30-42-46(40)52-47-41(49)29-38(26-23-35-18-12-8-13-19-35)31-43(47)51(5,6)45-33-39(27-24-36-20-14-9-15-21-36)32-44(48(45)52)50(42,3)4/h7-33H,1-6H3. The fraction of sp³-hybridized carbons (Fsp3) is 0.176. The zero-order valence-corrected chi connectivity index (χ0v) is 31.0. The van der Waals surface area contributed by atoms with Crippen molar-refractivity contribution < 1.29 is 0 Å². The highest BCUT2D eigenvalue weighted by molar-refractivity contribution is 6.00. The van der Waals surface area contributed by atoms with Crippen LogP contribution in [-0.2, 0) is 16.2 Å². The first kappa shape index (κ1) is 32.3. The monoisotopic (exact) mass is 671 g/mol. The summed E-state index contributed by atoms with van der Waals surface area (Å²) in [6.45, 7) is 14.6. The van der Waals surface area contributed by atoms with E-state index in [1.807, 2.05) is 0 Å². The molecule has 0 aromatic heterocycles. The van der Waals surface area contributed by atoms with Crippen molar-refractivity contribution in [3.8, 4) is 0 Å². The number of benzene rings is 6. The summed E-state index contributed by atoms with van der Waals surface area (Å²) in [5, 5.41) is 0. The maximum Gasteiger partial charge on any atom is 0.0544 e. The first-order valence-corrected chi connectivity index (χ1v) is 18.6. The molecular formula is C51H45N. The van der Waals surface area contributed by atoms with Crippen molar-refractivity contribution >= 4 is 53.5 Å². The molecule has 1 heteroatoms. The minimum absolute atomic E-state index is 0.225. The Kier molecular flexibility index (Phi) is 7.25. The van der Waals surface area contributed by atoms with Crippen LogP contribution in [0.2, 0.25) is 0 Å². The van der Waals surface area contributed by atoms with Crippen molar-refractivity contribution in [2.45, 2.75) is 57.8 Å². The lowest BCUT2D eigenvalue weighted by Crippen LogP contribution is -2.43. The van der Waals surface area contributed by atoms with Crippen molar-refractivity contribution in [3.63, 3.8) is 0 Å². The minimum Gasteiger partial charge on any atom is -0.309 e. The van der Waals surface area contributed by atoms with Crippen molar-refractivity contribution in [1.29, 1.82) is 0 Å². The quantitative estimate of drug-likeness (QED) is 0.159. The Balaban J connectivity index is 1.32. The number of hydrogen-bond donors (Lipinski definition) is 0. The molecule has 6 aromatic carbocycles. The van der Waals surface area contributed by atoms with Gasteiger partial charge in [0.25, 0.3) is 0 Å². The Morgan fingerprint density at radius 3 is 0.750 bits per heavy atom. The van der Waals surface area contributed by atoms with Crippen molar-refractivity contribution in [2.24, 2.45) is 0 Å². The van der Waals surface area contributed by atoms with E-state index >= 15 is 0 Å². The summed E-state index contributed by atoms with van der Waals surface area (Å²) < 4.78 is 0. The van der Waals surface area contributed by atoms with Crippen molar-refractivity contribution in [3.05, 3.63) is 194 Å². The van der Waals surface area contributed by atoms with E-state index in [1.165, 1.54) is 83.8 Å². The molecule has 0 atom stereocenters. The van der Waals surface area contributed by atoms with Gasteiger partial charge in [-0.3, -0.25) is 0 Å². The molecule has 3 heterocycles. The van der Waals surface area contributed by atoms with Gasteiger partial charge in [0.05, 0.1) is 17.1 Å². The van der Waals surface area contributed by atoms with Crippen LogP contribution >= 0.6 is 0 Å². The van der Waals surface area contributed by atoms with E-state index in [0.29, 0.717) is 0 Å². The molecule has 0 N–H and O–H groups in total. The summed E-state index contributed by atoms with van der Waals surface area (Å²) in [6, 6.07) is 46.7. The van der Waals surface area contributed by atoms with Gasteiger partial charge in [-0.1, -0.05) is 169 Å². The lowest BCUT2D eigenvalue weighted by Gasteiger charge is -2.55. The molecule has 3 aliphatic rings. The van der Waals surface area contributed by atoms with Crippen LogP contribution in [0.25, 0.3) is 36.5 Å². The molecule has 3 aliphatic heterocycles. The highest BCUT2D eigenvalue weighted by Gasteiger charge is 2.52. The van der Waals surface area contributed by atoms with Gasteiger partial charge in [0.15, 0.2) is 0 Å². The summed E-state index contributed by atoms with van der Waals surface area (Å²) >= 11 is 0. The third-order valence-corrected chi connectivity index (χ3v) is 11.9. The largest absolute Gasteiger partial charge is 0.309 e. The molecule has 9 rings (SSSR count). The van der Waals surface area contributed by atoms with E-state index in [1.54, 1.807) is 0 Å². The summed E-state index contributed by atoms with van der Waals surface area (Å²) in [7, 11) is 0. The molecule has 0 unspecified atom stereocenters. The van der Waals surface area contributed by atoms with Gasteiger partial charge >= 0.3 is 0 Å². The Morgan fingerprint density at radius 1 is 0.308 bits per heavy atom. The molecule has 0 spiro atoms. The summed E-state index contributed by atoms with van der Waals surface area (Å²) in [5.74, 6) is 0. The van der Waals surface area contributed by atoms with Crippen LogP contribution in [-0.4, -0.2) is 0 Å². The van der Waals surface area contributed by atoms with Gasteiger partial charge < -0.3 is 4.90 Å². The molecule has 52 heavy (non-hydrogen) atoms. The van der Waals surface area contributed by atoms with E-state index in [4.69, 9.17) is 0 Å². The molecule has 0 amide bonds. The van der Waals surface area contributed by atoms with Gasteiger partial charge in [-0.2, -0.15) is 0 Å². The topological polar surface area (TPSA) is 3.24 Å². The first-order valence-electron chi connectivity index (χ1n) is 18.6. The van der Waals surface area contributed by atoms with Crippen LogP contribution in [0, 0.1) is 0 Å². The zero-order chi connectivity index (χ0) is 35.8. The smallest absolute Gasteiger partial charge is 0.0544 e. The van der Waals surface area contributed by atoms with Crippen LogP contribution in [0.1, 0.15) is 108 Å². The predicted molar refractivity (Wildman–Crippen MR) is 224 cm³/mol. The van der Waals surface area contributed by atoms with Gasteiger partial charge in [0.2, 0.25) is 0 Å². The second kappa shape index (κ2) is 11.7. The Morgan fingerprint density at radius 2 is 0.519 bits per heavy atom. The number of nitrogens with zero attached hydrogens (tertiary/aromatic N) is 1. The van der Waals surface area contributed by atoms with E-state index < -0.39 is 0 Å². The molecular weight excluding hydrogens is 627 g/mol. The highest BCUT2D eigenvalue weighted by atomic mass is 15.2. The van der Waals surface area contributed by atoms with Crippen LogP contribution in [0.15, 0.2) is 127 Å². The Hall–Kier alpha value is -5.66. The summed E-state index contributed by atoms with van der Waals surface area (Å²) in [4.78, 5) is 2.67. The molecule has 0 radical (unpaired) electrons. The van der Waals surface area contributed by atoms with E-state index in [9.17, 15) is 0 Å². The van der Waals surface area contributed by atoms with Crippen LogP contribution in [0.5, 0.6) is 0 Å². The Labute approximate surface area is 309 Å². The molecule has 254 valence electrons. The second-order valence-corrected chi connectivity index (χ2v) is 16.3. The average molecular weight is 672 g/mol. The molecule has 0 saturated carbocycles. The molecule has 0 fully saturated rings. The molecule has 0 bridgehead atoms. The van der Waals surface area contributed by atoms with Gasteiger partial charge in [0.1, 0.15) is 0 Å². The normalized spacial score (nSPS) is 16.8. The third-order valence-electron chi connectivity index (χ3n) is 11.9. The first-order chi connectivity index (χ1) is 25.0. The fourth-order valence-electron chi connectivity index (χ4n) is 8.88. The van der Waals surface area contributed by atoms with Crippen molar-refractivity contribution in [2.75, 3.05) is 4.90 Å². The Bertz CT molecular complexity index is 2100. The van der Waals surface area contributed by atoms with E-state index in [2.05, 4.69) is 210 Å². The number of rotatable bonds is 6. The third kappa shape index (κ3) is 4.98. The van der Waals surface area contributed by atoms with Gasteiger partial charge in [-0.15, -0.1) is 0 Å². The number of hydrogen-bond acceptors (Lipinski definition) is 1. The maximum absolute atomic E-state index is 2.67. The van der Waals surface area contributed by atoms with E-state index in [-0.39, 0.29) is 16.2 Å². The van der Waals surface area contributed by atoms with Crippen LogP contribution < -0.4 is 4.90 Å². The summed E-state index contributed by atoms with van der Waals surface area (Å²) in [5.41, 5.74) is 19.1. The second-order valence-electron chi connectivity index (χ2n) is 16.3. The van der Waals surface area contributed by atoms with Crippen LogP contribution in [0.4, 0.5) is 17.1 Å². The predicted octanol–water partition coefficient (Wildman–Crippen LogP) is 13.6. The minimum atomic E-state index is -0.225. The maximum atomic E-state index is 2.67. The zero-order valence-electron chi connectivity index (χ0n) is 31.0. The highest BCUT2D eigenvalue weighted by Crippen LogP contribution is 2.66. The van der Waals surface area contributed by atoms with E-state index in [0.717, 1.165) is 0 Å². The number of anilines is 3. The van der Waals surface area contributed by atoms with Gasteiger partial charge in [-0.25, -0.2) is 0 Å². The lowest BCUT2D eigenvalue weighted by molar-refractivity contribution is 0.566. The van der Waals surface area contributed by atoms with Gasteiger partial charge in [0, 0.05) is 16.2 Å².